The third kappa shape index (κ3) is 4.83. The summed E-state index contributed by atoms with van der Waals surface area (Å²) in [5.41, 5.74) is 2.28. The molecule has 3 N–H and O–H groups in total. The summed E-state index contributed by atoms with van der Waals surface area (Å²) in [5, 5.41) is 14.9. The molecule has 0 saturated carbocycles. The molecule has 24 heavy (non-hydrogen) atoms. The van der Waals surface area contributed by atoms with Gasteiger partial charge in [0.15, 0.2) is 0 Å². The Hall–Kier alpha value is -2.34. The number of anilines is 1. The lowest BCUT2D eigenvalue weighted by Gasteiger charge is -2.18. The highest BCUT2D eigenvalue weighted by atomic mass is 16.4. The molecule has 0 saturated heterocycles. The molecule has 1 atom stereocenters. The molecule has 2 amide bonds. The zero-order valence-electron chi connectivity index (χ0n) is 14.6. The predicted octanol–water partition coefficient (Wildman–Crippen LogP) is 3.49. The van der Waals surface area contributed by atoms with E-state index < -0.39 is 0 Å². The van der Waals surface area contributed by atoms with Crippen molar-refractivity contribution in [2.24, 2.45) is 5.92 Å². The molecule has 0 aliphatic rings. The van der Waals surface area contributed by atoms with Crippen LogP contribution in [0.2, 0.25) is 0 Å². The SMILES string of the molecule is Cc1nc(-c2cccc(NC(=O)NC(CO)CC(C)C)c2)oc1C. The zero-order chi connectivity index (χ0) is 17.7. The molecule has 6 nitrogen and oxygen atoms in total. The van der Waals surface area contributed by atoms with Crippen molar-refractivity contribution < 1.29 is 14.3 Å². The summed E-state index contributed by atoms with van der Waals surface area (Å²) in [5.74, 6) is 1.70. The standard InChI is InChI=1S/C18H25N3O3/c1-11(2)8-16(10-22)21-18(23)20-15-7-5-6-14(9-15)17-19-12(3)13(4)24-17/h5-7,9,11,16,22H,8,10H2,1-4H3,(H2,20,21,23). The highest BCUT2D eigenvalue weighted by Crippen LogP contribution is 2.24. The third-order valence-corrected chi connectivity index (χ3v) is 3.71. The van der Waals surface area contributed by atoms with E-state index >= 15 is 0 Å². The molecule has 0 bridgehead atoms. The summed E-state index contributed by atoms with van der Waals surface area (Å²) in [7, 11) is 0. The largest absolute Gasteiger partial charge is 0.441 e. The van der Waals surface area contributed by atoms with Gasteiger partial charge in [0.05, 0.1) is 18.3 Å². The van der Waals surface area contributed by atoms with Gasteiger partial charge in [-0.1, -0.05) is 19.9 Å². The summed E-state index contributed by atoms with van der Waals surface area (Å²) in [6, 6.07) is 6.71. The summed E-state index contributed by atoms with van der Waals surface area (Å²) in [6.07, 6.45) is 0.721. The number of carbonyl (C=O) groups excluding carboxylic acids is 1. The molecule has 130 valence electrons. The average Bonchev–Trinajstić information content (AvgIpc) is 2.86. The van der Waals surface area contributed by atoms with Crippen molar-refractivity contribution in [2.45, 2.75) is 40.2 Å². The fourth-order valence-corrected chi connectivity index (χ4v) is 2.43. The molecule has 1 aromatic carbocycles. The van der Waals surface area contributed by atoms with Gasteiger partial charge in [0.2, 0.25) is 5.89 Å². The van der Waals surface area contributed by atoms with Gasteiger partial charge in [0.25, 0.3) is 0 Å². The van der Waals surface area contributed by atoms with E-state index in [4.69, 9.17) is 4.42 Å². The smallest absolute Gasteiger partial charge is 0.319 e. The van der Waals surface area contributed by atoms with Crippen LogP contribution < -0.4 is 10.6 Å². The summed E-state index contributed by atoms with van der Waals surface area (Å²) < 4.78 is 5.61. The first-order valence-electron chi connectivity index (χ1n) is 8.12. The number of nitrogens with one attached hydrogen (secondary N) is 2. The van der Waals surface area contributed by atoms with Gasteiger partial charge >= 0.3 is 6.03 Å². The topological polar surface area (TPSA) is 87.4 Å². The number of aliphatic hydroxyl groups excluding tert-OH is 1. The first-order valence-corrected chi connectivity index (χ1v) is 8.12. The Morgan fingerprint density at radius 1 is 1.33 bits per heavy atom. The number of aliphatic hydroxyl groups is 1. The first-order chi connectivity index (χ1) is 11.4. The van der Waals surface area contributed by atoms with Crippen LogP contribution in [0.15, 0.2) is 28.7 Å². The Balaban J connectivity index is 2.05. The molecule has 0 radical (unpaired) electrons. The van der Waals surface area contributed by atoms with E-state index in [1.807, 2.05) is 39.8 Å². The number of hydrogen-bond donors (Lipinski definition) is 3. The second-order valence-corrected chi connectivity index (χ2v) is 6.35. The third-order valence-electron chi connectivity index (χ3n) is 3.71. The Bertz CT molecular complexity index is 675. The van der Waals surface area contributed by atoms with Crippen LogP contribution in [0.5, 0.6) is 0 Å². The van der Waals surface area contributed by atoms with Crippen molar-refractivity contribution in [3.8, 4) is 11.5 Å². The number of hydrogen-bond acceptors (Lipinski definition) is 4. The zero-order valence-corrected chi connectivity index (χ0v) is 14.6. The normalized spacial score (nSPS) is 12.2. The van der Waals surface area contributed by atoms with Crippen molar-refractivity contribution in [3.05, 3.63) is 35.7 Å². The maximum atomic E-state index is 12.1. The molecule has 6 heteroatoms. The molecule has 0 spiro atoms. The van der Waals surface area contributed by atoms with E-state index in [1.165, 1.54) is 0 Å². The lowest BCUT2D eigenvalue weighted by Crippen LogP contribution is -2.40. The van der Waals surface area contributed by atoms with Crippen LogP contribution in [0, 0.1) is 19.8 Å². The van der Waals surface area contributed by atoms with E-state index in [1.54, 1.807) is 12.1 Å². The second-order valence-electron chi connectivity index (χ2n) is 6.35. The van der Waals surface area contributed by atoms with Crippen LogP contribution in [0.25, 0.3) is 11.5 Å². The van der Waals surface area contributed by atoms with Gasteiger partial charge in [-0.25, -0.2) is 9.78 Å². The minimum absolute atomic E-state index is 0.0828. The molecular weight excluding hydrogens is 306 g/mol. The van der Waals surface area contributed by atoms with Gasteiger partial charge < -0.3 is 20.2 Å². The quantitative estimate of drug-likeness (QED) is 0.756. The van der Waals surface area contributed by atoms with Crippen molar-refractivity contribution in [3.63, 3.8) is 0 Å². The van der Waals surface area contributed by atoms with E-state index in [0.717, 1.165) is 23.4 Å². The van der Waals surface area contributed by atoms with E-state index in [0.29, 0.717) is 17.5 Å². The van der Waals surface area contributed by atoms with E-state index in [-0.39, 0.29) is 18.7 Å². The van der Waals surface area contributed by atoms with E-state index in [2.05, 4.69) is 15.6 Å². The first kappa shape index (κ1) is 18.0. The molecule has 0 fully saturated rings. The number of nitrogens with zero attached hydrogens (tertiary/aromatic N) is 1. The molecule has 2 rings (SSSR count). The summed E-state index contributed by atoms with van der Waals surface area (Å²) >= 11 is 0. The monoisotopic (exact) mass is 331 g/mol. The van der Waals surface area contributed by atoms with Crippen molar-refractivity contribution in [1.82, 2.24) is 10.3 Å². The molecular formula is C18H25N3O3. The number of rotatable bonds is 6. The Morgan fingerprint density at radius 3 is 2.67 bits per heavy atom. The van der Waals surface area contributed by atoms with Gasteiger partial charge in [-0.2, -0.15) is 0 Å². The molecule has 2 aromatic rings. The Labute approximate surface area is 142 Å². The fourth-order valence-electron chi connectivity index (χ4n) is 2.43. The maximum absolute atomic E-state index is 12.1. The van der Waals surface area contributed by atoms with E-state index in [9.17, 15) is 9.90 Å². The number of benzene rings is 1. The average molecular weight is 331 g/mol. The minimum Gasteiger partial charge on any atom is -0.441 e. The highest BCUT2D eigenvalue weighted by Gasteiger charge is 2.14. The number of urea groups is 1. The number of aryl methyl sites for hydroxylation is 2. The number of oxazole rings is 1. The number of carbonyl (C=O) groups is 1. The summed E-state index contributed by atoms with van der Waals surface area (Å²) in [4.78, 5) is 16.5. The van der Waals surface area contributed by atoms with Gasteiger partial charge in [-0.3, -0.25) is 0 Å². The molecule has 0 aliphatic carbocycles. The molecule has 0 aliphatic heterocycles. The van der Waals surface area contributed by atoms with Gasteiger partial charge in [0.1, 0.15) is 5.76 Å². The van der Waals surface area contributed by atoms with Crippen LogP contribution in [-0.2, 0) is 0 Å². The lowest BCUT2D eigenvalue weighted by molar-refractivity contribution is 0.214. The van der Waals surface area contributed by atoms with Gasteiger partial charge in [0, 0.05) is 11.3 Å². The molecule has 1 aromatic heterocycles. The van der Waals surface area contributed by atoms with Gasteiger partial charge in [-0.05, 0) is 44.4 Å². The van der Waals surface area contributed by atoms with Crippen molar-refractivity contribution >= 4 is 11.7 Å². The lowest BCUT2D eigenvalue weighted by atomic mass is 10.0. The van der Waals surface area contributed by atoms with Crippen LogP contribution >= 0.6 is 0 Å². The predicted molar refractivity (Wildman–Crippen MR) is 93.9 cm³/mol. The summed E-state index contributed by atoms with van der Waals surface area (Å²) in [6.45, 7) is 7.77. The number of aromatic nitrogens is 1. The Morgan fingerprint density at radius 2 is 2.08 bits per heavy atom. The maximum Gasteiger partial charge on any atom is 0.319 e. The van der Waals surface area contributed by atoms with Crippen molar-refractivity contribution in [1.29, 1.82) is 0 Å². The van der Waals surface area contributed by atoms with Crippen LogP contribution in [0.4, 0.5) is 10.5 Å². The molecule has 1 heterocycles. The van der Waals surface area contributed by atoms with Gasteiger partial charge in [-0.15, -0.1) is 0 Å². The van der Waals surface area contributed by atoms with Crippen molar-refractivity contribution in [2.75, 3.05) is 11.9 Å². The highest BCUT2D eigenvalue weighted by molar-refractivity contribution is 5.90. The van der Waals surface area contributed by atoms with Crippen LogP contribution in [0.3, 0.4) is 0 Å². The molecule has 1 unspecified atom stereocenters. The van der Waals surface area contributed by atoms with Crippen LogP contribution in [-0.4, -0.2) is 28.8 Å². The number of amides is 2. The second kappa shape index (κ2) is 7.97. The minimum atomic E-state index is -0.341. The Kier molecular flexibility index (Phi) is 5.98. The van der Waals surface area contributed by atoms with Crippen LogP contribution in [0.1, 0.15) is 31.7 Å². The fraction of sp³-hybridized carbons (Fsp3) is 0.444.